The van der Waals surface area contributed by atoms with Crippen molar-refractivity contribution in [1.82, 2.24) is 0 Å². The zero-order chi connectivity index (χ0) is 28.3. The maximum atomic E-state index is 13.5. The minimum atomic E-state index is -4.84. The third kappa shape index (κ3) is 4.59. The number of hydrogen-bond donors (Lipinski definition) is 4. The van der Waals surface area contributed by atoms with Crippen LogP contribution in [0.25, 0.3) is 11.1 Å². The first-order chi connectivity index (χ1) is 18.3. The van der Waals surface area contributed by atoms with Gasteiger partial charge in [0.05, 0.1) is 11.3 Å². The molecular weight excluding hydrogens is 544 g/mol. The Morgan fingerprint density at radius 1 is 0.641 bits per heavy atom. The zero-order valence-electron chi connectivity index (χ0n) is 20.0. The number of nitrogen functional groups attached to an aromatic ring is 2. The van der Waals surface area contributed by atoms with E-state index in [2.05, 4.69) is 0 Å². The predicted molar refractivity (Wildman–Crippen MR) is 143 cm³/mol. The molecule has 0 radical (unpaired) electrons. The lowest BCUT2D eigenvalue weighted by molar-refractivity contribution is 0.0979. The summed E-state index contributed by atoms with van der Waals surface area (Å²) in [4.78, 5) is 25.7. The molecule has 5 rings (SSSR count). The lowest BCUT2D eigenvalue weighted by atomic mass is 9.80. The van der Waals surface area contributed by atoms with Crippen LogP contribution in [0.4, 0.5) is 11.4 Å². The van der Waals surface area contributed by atoms with Gasteiger partial charge in [0.15, 0.2) is 11.6 Å². The van der Waals surface area contributed by atoms with Crippen LogP contribution in [0, 0.1) is 0 Å². The summed E-state index contributed by atoms with van der Waals surface area (Å²) in [5.74, 6) is -1.15. The van der Waals surface area contributed by atoms with Crippen LogP contribution in [-0.2, 0) is 26.7 Å². The number of ketones is 2. The average molecular weight is 565 g/mol. The van der Waals surface area contributed by atoms with Gasteiger partial charge in [0.25, 0.3) is 20.2 Å². The Bertz CT molecular complexity index is 1930. The van der Waals surface area contributed by atoms with E-state index in [0.29, 0.717) is 11.1 Å². The second-order valence-corrected chi connectivity index (χ2v) is 11.8. The Kier molecular flexibility index (Phi) is 6.15. The van der Waals surface area contributed by atoms with Crippen molar-refractivity contribution in [2.75, 3.05) is 11.5 Å². The van der Waals surface area contributed by atoms with Gasteiger partial charge in [0.1, 0.15) is 9.79 Å². The van der Waals surface area contributed by atoms with Gasteiger partial charge in [0, 0.05) is 27.9 Å². The summed E-state index contributed by atoms with van der Waals surface area (Å²) >= 11 is 0. The molecule has 0 aromatic heterocycles. The Labute approximate surface area is 223 Å². The van der Waals surface area contributed by atoms with Crippen LogP contribution in [-0.4, -0.2) is 37.5 Å². The maximum absolute atomic E-state index is 13.5. The molecule has 0 unspecified atom stereocenters. The Balaban J connectivity index is 1.63. The molecule has 0 amide bonds. The van der Waals surface area contributed by atoms with Crippen LogP contribution in [0.3, 0.4) is 0 Å². The van der Waals surface area contributed by atoms with Crippen molar-refractivity contribution in [3.63, 3.8) is 0 Å². The van der Waals surface area contributed by atoms with E-state index in [-0.39, 0.29) is 50.4 Å². The minimum absolute atomic E-state index is 0.0283. The molecule has 10 nitrogen and oxygen atoms in total. The number of carbonyl (C=O) groups is 2. The molecule has 0 spiro atoms. The fraction of sp³-hybridized carbons (Fsp3) is 0.0370. The van der Waals surface area contributed by atoms with E-state index in [1.54, 1.807) is 36.4 Å². The summed E-state index contributed by atoms with van der Waals surface area (Å²) in [5, 5.41) is 0. The molecule has 198 valence electrons. The van der Waals surface area contributed by atoms with Gasteiger partial charge in [-0.05, 0) is 41.3 Å². The molecule has 0 atom stereocenters. The second-order valence-electron chi connectivity index (χ2n) is 8.98. The Morgan fingerprint density at radius 2 is 1.21 bits per heavy atom. The van der Waals surface area contributed by atoms with Crippen LogP contribution < -0.4 is 11.5 Å². The number of fused-ring (bicyclic) bond motifs is 2. The van der Waals surface area contributed by atoms with E-state index in [1.165, 1.54) is 24.3 Å². The van der Waals surface area contributed by atoms with Crippen molar-refractivity contribution in [3.8, 4) is 11.1 Å². The lowest BCUT2D eigenvalue weighted by Gasteiger charge is -2.23. The quantitative estimate of drug-likeness (QED) is 0.181. The highest BCUT2D eigenvalue weighted by molar-refractivity contribution is 7.86. The fourth-order valence-corrected chi connectivity index (χ4v) is 6.16. The van der Waals surface area contributed by atoms with Gasteiger partial charge in [-0.25, -0.2) is 0 Å². The molecule has 0 bridgehead atoms. The molecule has 39 heavy (non-hydrogen) atoms. The molecule has 0 heterocycles. The Hall–Kier alpha value is -4.36. The number of benzene rings is 4. The smallest absolute Gasteiger partial charge is 0.296 e. The molecular formula is C27H20N2O8S2. The van der Waals surface area contributed by atoms with Crippen LogP contribution in [0.5, 0.6) is 0 Å². The molecule has 0 saturated carbocycles. The molecule has 4 aromatic rings. The van der Waals surface area contributed by atoms with E-state index in [9.17, 15) is 35.5 Å². The van der Waals surface area contributed by atoms with Crippen molar-refractivity contribution in [3.05, 3.63) is 106 Å². The first-order valence-electron chi connectivity index (χ1n) is 11.3. The summed E-state index contributed by atoms with van der Waals surface area (Å²) in [7, 11) is -9.42. The largest absolute Gasteiger partial charge is 0.399 e. The van der Waals surface area contributed by atoms with Crippen LogP contribution >= 0.6 is 0 Å². The zero-order valence-corrected chi connectivity index (χ0v) is 21.6. The number of anilines is 2. The molecule has 12 heteroatoms. The van der Waals surface area contributed by atoms with E-state index >= 15 is 0 Å². The average Bonchev–Trinajstić information content (AvgIpc) is 2.87. The Morgan fingerprint density at radius 3 is 1.77 bits per heavy atom. The maximum Gasteiger partial charge on any atom is 0.296 e. The third-order valence-corrected chi connectivity index (χ3v) is 8.29. The second kappa shape index (κ2) is 9.13. The van der Waals surface area contributed by atoms with Crippen LogP contribution in [0.1, 0.15) is 43.0 Å². The normalized spacial score (nSPS) is 13.2. The van der Waals surface area contributed by atoms with Gasteiger partial charge in [0.2, 0.25) is 0 Å². The van der Waals surface area contributed by atoms with Gasteiger partial charge in [-0.3, -0.25) is 18.7 Å². The summed E-state index contributed by atoms with van der Waals surface area (Å²) in [6.07, 6.45) is -0.0283. The molecule has 6 N–H and O–H groups in total. The van der Waals surface area contributed by atoms with Crippen LogP contribution in [0.2, 0.25) is 0 Å². The van der Waals surface area contributed by atoms with Gasteiger partial charge >= 0.3 is 0 Å². The molecule has 0 aliphatic heterocycles. The standard InChI is InChI=1S/C27H20N2O8S2/c28-17-9-10-18(21(13-17)38(32,33)34)15-7-5-14(6-8-15)11-16-12-22(39(35,36)37)25(29)24-23(16)26(30)19-3-1-2-4-20(19)27(24)31/h1-10,12-13H,11,28-29H2,(H,32,33,34)(H,35,36,37). The molecule has 0 fully saturated rings. The van der Waals surface area contributed by atoms with E-state index in [4.69, 9.17) is 11.5 Å². The fourth-order valence-electron chi connectivity index (χ4n) is 4.74. The third-order valence-electron chi connectivity index (χ3n) is 6.50. The molecule has 4 aromatic carbocycles. The van der Waals surface area contributed by atoms with Crippen molar-refractivity contribution < 1.29 is 35.5 Å². The predicted octanol–water partition coefficient (Wildman–Crippen LogP) is 3.38. The summed E-state index contributed by atoms with van der Waals surface area (Å²) < 4.78 is 67.4. The van der Waals surface area contributed by atoms with Gasteiger partial charge in [-0.2, -0.15) is 16.8 Å². The molecule has 1 aliphatic rings. The van der Waals surface area contributed by atoms with E-state index in [1.807, 2.05) is 0 Å². The summed E-state index contributed by atoms with van der Waals surface area (Å²) in [6.45, 7) is 0. The van der Waals surface area contributed by atoms with Gasteiger partial charge < -0.3 is 11.5 Å². The van der Waals surface area contributed by atoms with E-state index in [0.717, 1.165) is 12.1 Å². The molecule has 0 saturated heterocycles. The first kappa shape index (κ1) is 26.3. The highest BCUT2D eigenvalue weighted by Gasteiger charge is 2.36. The van der Waals surface area contributed by atoms with Crippen molar-refractivity contribution in [2.45, 2.75) is 16.2 Å². The number of carbonyl (C=O) groups excluding carboxylic acids is 2. The lowest BCUT2D eigenvalue weighted by Crippen LogP contribution is -2.25. The topological polar surface area (TPSA) is 195 Å². The number of nitrogens with two attached hydrogens (primary N) is 2. The summed E-state index contributed by atoms with van der Waals surface area (Å²) in [6, 6.07) is 17.6. The van der Waals surface area contributed by atoms with Crippen LogP contribution in [0.15, 0.2) is 82.6 Å². The monoisotopic (exact) mass is 564 g/mol. The highest BCUT2D eigenvalue weighted by Crippen LogP contribution is 2.38. The number of hydrogen-bond acceptors (Lipinski definition) is 8. The number of rotatable bonds is 5. The highest BCUT2D eigenvalue weighted by atomic mass is 32.2. The van der Waals surface area contributed by atoms with Crippen molar-refractivity contribution >= 4 is 43.2 Å². The van der Waals surface area contributed by atoms with Crippen molar-refractivity contribution in [2.24, 2.45) is 0 Å². The van der Waals surface area contributed by atoms with Gasteiger partial charge in [-0.15, -0.1) is 0 Å². The SMILES string of the molecule is Nc1ccc(-c2ccc(Cc3cc(S(=O)(=O)O)c(N)c4c3C(=O)c3ccccc3C4=O)cc2)c(S(=O)(=O)O)c1. The first-order valence-corrected chi connectivity index (χ1v) is 14.2. The van der Waals surface area contributed by atoms with Crippen molar-refractivity contribution in [1.29, 1.82) is 0 Å². The molecule has 1 aliphatic carbocycles. The van der Waals surface area contributed by atoms with E-state index < -0.39 is 42.4 Å². The minimum Gasteiger partial charge on any atom is -0.399 e. The summed E-state index contributed by atoms with van der Waals surface area (Å²) in [5.41, 5.74) is 12.5. The van der Waals surface area contributed by atoms with Gasteiger partial charge in [-0.1, -0.05) is 54.6 Å².